The summed E-state index contributed by atoms with van der Waals surface area (Å²) in [7, 11) is 0. The molecule has 0 N–H and O–H groups in total. The van der Waals surface area contributed by atoms with E-state index in [9.17, 15) is 1.37 Å². The third-order valence-electron chi connectivity index (χ3n) is 9.35. The molecule has 0 saturated carbocycles. The van der Waals surface area contributed by atoms with E-state index in [1.807, 2.05) is 78.9 Å². The lowest BCUT2D eigenvalue weighted by Crippen LogP contribution is -1.92. The first kappa shape index (κ1) is 20.0. The highest BCUT2D eigenvalue weighted by Crippen LogP contribution is 2.48. The summed E-state index contributed by atoms with van der Waals surface area (Å²) < 4.78 is 68.1. The van der Waals surface area contributed by atoms with E-state index >= 15 is 0 Å². The number of hydrogen-bond acceptors (Lipinski definition) is 1. The van der Waals surface area contributed by atoms with Crippen LogP contribution in [0.1, 0.15) is 9.60 Å². The van der Waals surface area contributed by atoms with Crippen molar-refractivity contribution in [2.75, 3.05) is 0 Å². The van der Waals surface area contributed by atoms with Crippen LogP contribution in [0.2, 0.25) is 0 Å². The lowest BCUT2D eigenvalue weighted by Gasteiger charge is -2.19. The van der Waals surface area contributed by atoms with Gasteiger partial charge in [0.15, 0.2) is 0 Å². The summed E-state index contributed by atoms with van der Waals surface area (Å²) in [5.41, 5.74) is 6.55. The molecule has 0 amide bonds. The molecule has 0 spiro atoms. The summed E-state index contributed by atoms with van der Waals surface area (Å²) >= 11 is 0. The Hall–Kier alpha value is -6.18. The second-order valence-electron chi connectivity index (χ2n) is 11.9. The molecule has 9 aromatic carbocycles. The Balaban J connectivity index is 1.31. The molecule has 10 aromatic rings. The smallest absolute Gasteiger partial charge is 0.143 e. The van der Waals surface area contributed by atoms with Gasteiger partial charge in [0.05, 0.1) is 9.60 Å². The molecule has 1 heterocycles. The van der Waals surface area contributed by atoms with E-state index in [1.165, 1.54) is 0 Å². The highest BCUT2D eigenvalue weighted by molar-refractivity contribution is 6.28. The average Bonchev–Trinajstić information content (AvgIpc) is 3.60. The van der Waals surface area contributed by atoms with Gasteiger partial charge in [0, 0.05) is 16.2 Å². The fraction of sp³-hybridized carbons (Fsp3) is 0. The summed E-state index contributed by atoms with van der Waals surface area (Å²) in [5, 5.41) is 7.31. The van der Waals surface area contributed by atoms with Crippen LogP contribution < -0.4 is 0 Å². The first-order chi connectivity index (χ1) is 26.2. The Kier molecular flexibility index (Phi) is 4.34. The Morgan fingerprint density at radius 2 is 1.06 bits per heavy atom. The van der Waals surface area contributed by atoms with E-state index in [0.717, 1.165) is 76.5 Å². The van der Waals surface area contributed by atoms with Crippen LogP contribution in [0.15, 0.2) is 174 Å². The fourth-order valence-corrected chi connectivity index (χ4v) is 7.32. The van der Waals surface area contributed by atoms with Crippen LogP contribution in [0.3, 0.4) is 0 Å². The largest absolute Gasteiger partial charge is 0.455 e. The second-order valence-corrected chi connectivity index (χ2v) is 11.9. The number of rotatable bonds is 3. The van der Waals surface area contributed by atoms with Gasteiger partial charge in [-0.05, 0) is 95.3 Å². The van der Waals surface area contributed by atoms with Crippen LogP contribution in [0.25, 0.3) is 98.4 Å². The van der Waals surface area contributed by atoms with Crippen molar-refractivity contribution in [3.63, 3.8) is 0 Å². The van der Waals surface area contributed by atoms with Crippen molar-refractivity contribution < 1.29 is 14.0 Å². The van der Waals surface area contributed by atoms with Crippen molar-refractivity contribution in [1.82, 2.24) is 0 Å². The zero-order valence-electron chi connectivity index (χ0n) is 32.0. The maximum absolute atomic E-state index is 9.25. The van der Waals surface area contributed by atoms with Crippen molar-refractivity contribution in [3.05, 3.63) is 170 Å². The van der Waals surface area contributed by atoms with Crippen molar-refractivity contribution in [3.8, 4) is 33.4 Å². The van der Waals surface area contributed by atoms with Gasteiger partial charge in [-0.2, -0.15) is 0 Å². The van der Waals surface area contributed by atoms with Crippen LogP contribution in [0.4, 0.5) is 0 Å². The molecule has 10 rings (SSSR count). The van der Waals surface area contributed by atoms with Crippen molar-refractivity contribution in [1.29, 1.82) is 0 Å². The van der Waals surface area contributed by atoms with Gasteiger partial charge in [0.2, 0.25) is 0 Å². The maximum Gasteiger partial charge on any atom is 0.143 e. The number of hydrogen-bond donors (Lipinski definition) is 0. The van der Waals surface area contributed by atoms with E-state index in [0.29, 0.717) is 5.56 Å². The van der Waals surface area contributed by atoms with Gasteiger partial charge < -0.3 is 4.42 Å². The third kappa shape index (κ3) is 3.90. The molecule has 0 aliphatic rings. The normalized spacial score (nSPS) is 13.9. The standard InChI is InChI=1S/C46H28O/c1-2-12-29(13-3-1)31-24-26-34-32(28-31)25-27-41-45-40(22-11-23-42(45)47-46(34)41)44-38-19-8-6-17-36(38)43(37-18-7-9-20-39(37)44)35-21-10-15-30-14-4-5-16-33(30)35/h1-28H/i4D,5D,10D,14D,15D,16D,21D. The maximum atomic E-state index is 9.25. The molecule has 0 saturated heterocycles. The summed E-state index contributed by atoms with van der Waals surface area (Å²) in [5.74, 6) is 0. The van der Waals surface area contributed by atoms with Gasteiger partial charge in [0.1, 0.15) is 11.2 Å². The molecular formula is C46H28O. The van der Waals surface area contributed by atoms with Gasteiger partial charge in [-0.1, -0.05) is 145 Å². The minimum absolute atomic E-state index is 0.0630. The Bertz CT molecular complexity index is 3170. The molecule has 1 heteroatoms. The van der Waals surface area contributed by atoms with E-state index in [4.69, 9.17) is 12.6 Å². The number of furan rings is 1. The molecular weight excluding hydrogens is 569 g/mol. The number of benzene rings is 9. The first-order valence-corrected chi connectivity index (χ1v) is 15.6. The SMILES string of the molecule is [2H]c1c([2H])c([2H])c2c(-c3c4ccccc4c(-c4cccc5oc6c7ccc(-c8ccccc8)cc7ccc6c45)c4ccccc34)c([2H])c([2H])c([2H])c2c1[2H]. The molecule has 0 bridgehead atoms. The monoisotopic (exact) mass is 603 g/mol. The molecule has 0 aliphatic heterocycles. The Morgan fingerprint density at radius 1 is 0.404 bits per heavy atom. The topological polar surface area (TPSA) is 13.1 Å². The summed E-state index contributed by atoms with van der Waals surface area (Å²) in [6.07, 6.45) is 0. The molecule has 0 radical (unpaired) electrons. The third-order valence-corrected chi connectivity index (χ3v) is 9.35. The van der Waals surface area contributed by atoms with Crippen LogP contribution in [0, 0.1) is 0 Å². The molecule has 1 aromatic heterocycles. The van der Waals surface area contributed by atoms with Crippen molar-refractivity contribution in [2.24, 2.45) is 0 Å². The van der Waals surface area contributed by atoms with E-state index in [2.05, 4.69) is 48.5 Å². The second kappa shape index (κ2) is 10.2. The summed E-state index contributed by atoms with van der Waals surface area (Å²) in [6.45, 7) is 0. The molecule has 1 nitrogen and oxygen atoms in total. The minimum atomic E-state index is -0.473. The van der Waals surface area contributed by atoms with E-state index in [1.54, 1.807) is 0 Å². The number of fused-ring (bicyclic) bond motifs is 8. The molecule has 0 aliphatic carbocycles. The van der Waals surface area contributed by atoms with Crippen molar-refractivity contribution in [2.45, 2.75) is 0 Å². The quantitative estimate of drug-likeness (QED) is 0.183. The van der Waals surface area contributed by atoms with Crippen LogP contribution in [0.5, 0.6) is 0 Å². The average molecular weight is 604 g/mol. The van der Waals surface area contributed by atoms with Crippen LogP contribution in [-0.2, 0) is 0 Å². The van der Waals surface area contributed by atoms with E-state index < -0.39 is 30.2 Å². The highest BCUT2D eigenvalue weighted by Gasteiger charge is 2.21. The minimum Gasteiger partial charge on any atom is -0.455 e. The molecule has 0 fully saturated rings. The molecule has 218 valence electrons. The summed E-state index contributed by atoms with van der Waals surface area (Å²) in [4.78, 5) is 0. The molecule has 0 atom stereocenters. The van der Waals surface area contributed by atoms with Gasteiger partial charge in [-0.3, -0.25) is 0 Å². The van der Waals surface area contributed by atoms with Crippen LogP contribution in [-0.4, -0.2) is 0 Å². The molecule has 0 unspecified atom stereocenters. The van der Waals surface area contributed by atoms with Gasteiger partial charge in [-0.15, -0.1) is 0 Å². The fourth-order valence-electron chi connectivity index (χ4n) is 7.32. The lowest BCUT2D eigenvalue weighted by atomic mass is 9.84. The van der Waals surface area contributed by atoms with Gasteiger partial charge in [0.25, 0.3) is 0 Å². The predicted octanol–water partition coefficient (Wildman–Crippen LogP) is 13.2. The van der Waals surface area contributed by atoms with Crippen LogP contribution >= 0.6 is 0 Å². The predicted molar refractivity (Wildman–Crippen MR) is 200 cm³/mol. The highest BCUT2D eigenvalue weighted by atomic mass is 16.3. The summed E-state index contributed by atoms with van der Waals surface area (Å²) in [6, 6.07) is 40.2. The zero-order chi connectivity index (χ0) is 37.0. The first-order valence-electron chi connectivity index (χ1n) is 19.1. The Labute approximate surface area is 281 Å². The zero-order valence-corrected chi connectivity index (χ0v) is 25.0. The van der Waals surface area contributed by atoms with Gasteiger partial charge in [-0.25, -0.2) is 0 Å². The van der Waals surface area contributed by atoms with Gasteiger partial charge >= 0.3 is 0 Å². The Morgan fingerprint density at radius 3 is 1.83 bits per heavy atom. The van der Waals surface area contributed by atoms with E-state index in [-0.39, 0.29) is 28.4 Å². The molecule has 47 heavy (non-hydrogen) atoms. The lowest BCUT2D eigenvalue weighted by molar-refractivity contribution is 0.673. The van der Waals surface area contributed by atoms with Crippen molar-refractivity contribution >= 4 is 65.0 Å².